The van der Waals surface area contributed by atoms with Crippen LogP contribution in [-0.2, 0) is 6.18 Å². The average Bonchev–Trinajstić information content (AvgIpc) is 2.16. The molecule has 0 fully saturated rings. The highest BCUT2D eigenvalue weighted by Crippen LogP contribution is 2.30. The highest BCUT2D eigenvalue weighted by Gasteiger charge is 2.30. The minimum Gasteiger partial charge on any atom is -0.264 e. The molecule has 14 heavy (non-hydrogen) atoms. The van der Waals surface area contributed by atoms with E-state index in [4.69, 9.17) is 0 Å². The molecule has 0 spiro atoms. The van der Waals surface area contributed by atoms with Crippen molar-refractivity contribution in [1.82, 2.24) is 4.98 Å². The highest BCUT2D eigenvalue weighted by molar-refractivity contribution is 5.81. The van der Waals surface area contributed by atoms with Gasteiger partial charge in [-0.25, -0.2) is 0 Å². The molecule has 0 aliphatic carbocycles. The summed E-state index contributed by atoms with van der Waals surface area (Å²) in [4.78, 5) is 3.75. The fourth-order valence-corrected chi connectivity index (χ4v) is 1.18. The quantitative estimate of drug-likeness (QED) is 0.631. The molecule has 1 nitrogen and oxygen atoms in total. The number of hydrogen-bond acceptors (Lipinski definition) is 1. The first kappa shape index (κ1) is 8.99. The van der Waals surface area contributed by atoms with Gasteiger partial charge in [-0.05, 0) is 29.7 Å². The molecule has 0 unspecified atom stereocenters. The maximum atomic E-state index is 12.3. The summed E-state index contributed by atoms with van der Waals surface area (Å²) in [5.41, 5.74) is -0.696. The predicted molar refractivity (Wildman–Crippen MR) is 45.6 cm³/mol. The van der Waals surface area contributed by atoms with E-state index in [0.717, 1.165) is 12.1 Å². The van der Waals surface area contributed by atoms with E-state index < -0.39 is 11.7 Å². The number of halogens is 3. The zero-order valence-corrected chi connectivity index (χ0v) is 6.97. The Morgan fingerprint density at radius 2 is 2.07 bits per heavy atom. The van der Waals surface area contributed by atoms with Crippen molar-refractivity contribution in [2.24, 2.45) is 0 Å². The van der Waals surface area contributed by atoms with E-state index >= 15 is 0 Å². The first-order chi connectivity index (χ1) is 6.57. The molecule has 2 rings (SSSR count). The van der Waals surface area contributed by atoms with Gasteiger partial charge in [0.1, 0.15) is 0 Å². The van der Waals surface area contributed by atoms with Gasteiger partial charge in [-0.3, -0.25) is 4.98 Å². The van der Waals surface area contributed by atoms with Crippen LogP contribution in [0.15, 0.2) is 30.6 Å². The molecule has 4 heteroatoms. The van der Waals surface area contributed by atoms with Crippen LogP contribution in [0.5, 0.6) is 0 Å². The standard InChI is InChI=1S/C10H5F3N/c11-10(12,13)9-2-1-7-3-4-14-6-8(7)5-9/h2-6H. The number of pyridine rings is 1. The molecule has 0 N–H and O–H groups in total. The SMILES string of the molecule is FC(F)(F)c1c[c]c2ccncc2c1. The Labute approximate surface area is 78.2 Å². The summed E-state index contributed by atoms with van der Waals surface area (Å²) in [6.45, 7) is 0. The lowest BCUT2D eigenvalue weighted by molar-refractivity contribution is -0.137. The van der Waals surface area contributed by atoms with E-state index in [9.17, 15) is 13.2 Å². The van der Waals surface area contributed by atoms with E-state index in [1.165, 1.54) is 12.4 Å². The van der Waals surface area contributed by atoms with Gasteiger partial charge in [-0.15, -0.1) is 0 Å². The van der Waals surface area contributed by atoms with E-state index in [1.807, 2.05) is 0 Å². The molecule has 0 saturated heterocycles. The van der Waals surface area contributed by atoms with Crippen molar-refractivity contribution < 1.29 is 13.2 Å². The molecule has 0 aliphatic heterocycles. The minimum absolute atomic E-state index is 0.447. The largest absolute Gasteiger partial charge is 0.416 e. The molecular formula is C10H5F3N. The summed E-state index contributed by atoms with van der Waals surface area (Å²) in [7, 11) is 0. The van der Waals surface area contributed by atoms with Crippen LogP contribution in [0.3, 0.4) is 0 Å². The van der Waals surface area contributed by atoms with Gasteiger partial charge < -0.3 is 0 Å². The first-order valence-corrected chi connectivity index (χ1v) is 3.90. The maximum absolute atomic E-state index is 12.3. The second kappa shape index (κ2) is 2.97. The predicted octanol–water partition coefficient (Wildman–Crippen LogP) is 3.05. The summed E-state index contributed by atoms with van der Waals surface area (Å²) >= 11 is 0. The van der Waals surface area contributed by atoms with Crippen molar-refractivity contribution in [3.8, 4) is 0 Å². The minimum atomic E-state index is -4.32. The second-order valence-electron chi connectivity index (χ2n) is 2.85. The van der Waals surface area contributed by atoms with Crippen LogP contribution < -0.4 is 0 Å². The van der Waals surface area contributed by atoms with Crippen molar-refractivity contribution in [3.05, 3.63) is 42.2 Å². The maximum Gasteiger partial charge on any atom is 0.416 e. The van der Waals surface area contributed by atoms with Crippen molar-refractivity contribution in [1.29, 1.82) is 0 Å². The van der Waals surface area contributed by atoms with Crippen LogP contribution in [-0.4, -0.2) is 4.98 Å². The fourth-order valence-electron chi connectivity index (χ4n) is 1.18. The smallest absolute Gasteiger partial charge is 0.264 e. The molecule has 0 aliphatic rings. The van der Waals surface area contributed by atoms with Gasteiger partial charge in [0.05, 0.1) is 5.56 Å². The lowest BCUT2D eigenvalue weighted by Crippen LogP contribution is -2.04. The number of benzene rings is 1. The van der Waals surface area contributed by atoms with Gasteiger partial charge in [0, 0.05) is 17.8 Å². The number of aromatic nitrogens is 1. The molecule has 0 bridgehead atoms. The number of rotatable bonds is 0. The summed E-state index contributed by atoms with van der Waals surface area (Å²) in [5.74, 6) is 0. The van der Waals surface area contributed by atoms with Gasteiger partial charge in [-0.2, -0.15) is 13.2 Å². The summed E-state index contributed by atoms with van der Waals surface area (Å²) in [6, 6.07) is 6.20. The zero-order chi connectivity index (χ0) is 10.2. The Bertz CT molecular complexity index is 462. The summed E-state index contributed by atoms with van der Waals surface area (Å²) in [6.07, 6.45) is -1.41. The van der Waals surface area contributed by atoms with Gasteiger partial charge in [0.25, 0.3) is 0 Å². The average molecular weight is 196 g/mol. The molecule has 1 aromatic heterocycles. The topological polar surface area (TPSA) is 12.9 Å². The van der Waals surface area contributed by atoms with Gasteiger partial charge in [0.15, 0.2) is 0 Å². The number of alkyl halides is 3. The van der Waals surface area contributed by atoms with Crippen LogP contribution in [0.1, 0.15) is 5.56 Å². The molecule has 1 radical (unpaired) electrons. The van der Waals surface area contributed by atoms with Gasteiger partial charge >= 0.3 is 6.18 Å². The third-order valence-corrected chi connectivity index (χ3v) is 1.87. The molecule has 0 amide bonds. The van der Waals surface area contributed by atoms with Crippen LogP contribution in [0.2, 0.25) is 0 Å². The Hall–Kier alpha value is -1.58. The molecule has 2 aromatic rings. The van der Waals surface area contributed by atoms with E-state index in [1.54, 1.807) is 6.07 Å². The summed E-state index contributed by atoms with van der Waals surface area (Å²) < 4.78 is 36.8. The Morgan fingerprint density at radius 3 is 2.79 bits per heavy atom. The molecule has 1 heterocycles. The highest BCUT2D eigenvalue weighted by atomic mass is 19.4. The molecule has 1 aromatic carbocycles. The monoisotopic (exact) mass is 196 g/mol. The third-order valence-electron chi connectivity index (χ3n) is 1.87. The Balaban J connectivity index is 2.63. The lowest BCUT2D eigenvalue weighted by Gasteiger charge is -2.06. The molecule has 0 saturated carbocycles. The number of fused-ring (bicyclic) bond motifs is 1. The van der Waals surface area contributed by atoms with Crippen molar-refractivity contribution in [2.45, 2.75) is 6.18 Å². The Morgan fingerprint density at radius 1 is 1.29 bits per heavy atom. The van der Waals surface area contributed by atoms with Crippen molar-refractivity contribution >= 4 is 10.8 Å². The lowest BCUT2D eigenvalue weighted by atomic mass is 10.1. The number of hydrogen-bond donors (Lipinski definition) is 0. The van der Waals surface area contributed by atoms with Crippen LogP contribution in [0.25, 0.3) is 10.8 Å². The first-order valence-electron chi connectivity index (χ1n) is 3.90. The normalized spacial score (nSPS) is 11.9. The van der Waals surface area contributed by atoms with Crippen LogP contribution in [0.4, 0.5) is 13.2 Å². The Kier molecular flexibility index (Phi) is 1.91. The van der Waals surface area contributed by atoms with E-state index in [-0.39, 0.29) is 0 Å². The van der Waals surface area contributed by atoms with E-state index in [0.29, 0.717) is 10.8 Å². The van der Waals surface area contributed by atoms with Crippen LogP contribution >= 0.6 is 0 Å². The van der Waals surface area contributed by atoms with E-state index in [2.05, 4.69) is 11.1 Å². The molecule has 0 atom stereocenters. The fraction of sp³-hybridized carbons (Fsp3) is 0.100. The van der Waals surface area contributed by atoms with Gasteiger partial charge in [0.2, 0.25) is 0 Å². The third kappa shape index (κ3) is 1.55. The number of nitrogens with zero attached hydrogens (tertiary/aromatic N) is 1. The summed E-state index contributed by atoms with van der Waals surface area (Å²) in [5, 5.41) is 1.08. The van der Waals surface area contributed by atoms with Crippen LogP contribution in [0, 0.1) is 6.07 Å². The molecular weight excluding hydrogens is 191 g/mol. The van der Waals surface area contributed by atoms with Crippen molar-refractivity contribution in [2.75, 3.05) is 0 Å². The molecule has 71 valence electrons. The van der Waals surface area contributed by atoms with Gasteiger partial charge in [-0.1, -0.05) is 0 Å². The second-order valence-corrected chi connectivity index (χ2v) is 2.85. The van der Waals surface area contributed by atoms with Crippen molar-refractivity contribution in [3.63, 3.8) is 0 Å². The zero-order valence-electron chi connectivity index (χ0n) is 6.97.